The van der Waals surface area contributed by atoms with E-state index in [0.29, 0.717) is 19.0 Å². The van der Waals surface area contributed by atoms with E-state index in [0.717, 1.165) is 13.1 Å². The molecule has 1 aromatic heterocycles. The average Bonchev–Trinajstić information content (AvgIpc) is 2.50. The molecule has 0 unspecified atom stereocenters. The summed E-state index contributed by atoms with van der Waals surface area (Å²) in [4.78, 5) is 21.2. The third-order valence-corrected chi connectivity index (χ3v) is 3.88. The summed E-state index contributed by atoms with van der Waals surface area (Å²) in [6, 6.07) is 4.20. The maximum atomic E-state index is 14.0. The molecule has 2 heterocycles. The molecule has 1 saturated heterocycles. The highest BCUT2D eigenvalue weighted by Gasteiger charge is 2.20. The first-order valence-electron chi connectivity index (χ1n) is 6.88. The second-order valence-corrected chi connectivity index (χ2v) is 5.39. The number of piperazine rings is 1. The quantitative estimate of drug-likeness (QED) is 0.773. The molecule has 4 N–H and O–H groups in total. The van der Waals surface area contributed by atoms with E-state index in [9.17, 15) is 9.18 Å². The van der Waals surface area contributed by atoms with E-state index >= 15 is 0 Å². The molecule has 0 saturated carbocycles. The van der Waals surface area contributed by atoms with E-state index in [4.69, 9.17) is 17.3 Å². The van der Waals surface area contributed by atoms with Gasteiger partial charge in [0.25, 0.3) is 5.56 Å². The summed E-state index contributed by atoms with van der Waals surface area (Å²) in [6.45, 7) is 3.01. The van der Waals surface area contributed by atoms with Gasteiger partial charge in [-0.3, -0.25) is 9.78 Å². The van der Waals surface area contributed by atoms with Gasteiger partial charge in [-0.15, -0.1) is 0 Å². The molecule has 1 fully saturated rings. The topological polar surface area (TPSA) is 87.0 Å². The van der Waals surface area contributed by atoms with Gasteiger partial charge in [0, 0.05) is 31.7 Å². The van der Waals surface area contributed by atoms with Crippen molar-refractivity contribution in [2.45, 2.75) is 0 Å². The van der Waals surface area contributed by atoms with Crippen LogP contribution in [0.25, 0.3) is 11.1 Å². The number of anilines is 2. The van der Waals surface area contributed by atoms with Crippen LogP contribution in [0.4, 0.5) is 16.2 Å². The molecule has 0 atom stereocenters. The van der Waals surface area contributed by atoms with E-state index in [2.05, 4.69) is 15.3 Å². The molecule has 1 aliphatic rings. The molecule has 1 aliphatic heterocycles. The zero-order valence-electron chi connectivity index (χ0n) is 11.7. The van der Waals surface area contributed by atoms with Gasteiger partial charge < -0.3 is 16.0 Å². The SMILES string of the molecule is Nc1nc(N2CCNCC2)[nH]c(=O)c1-c1c(F)cccc1Cl. The van der Waals surface area contributed by atoms with Gasteiger partial charge in [0.1, 0.15) is 11.6 Å². The summed E-state index contributed by atoms with van der Waals surface area (Å²) < 4.78 is 14.0. The molecule has 0 radical (unpaired) electrons. The maximum absolute atomic E-state index is 14.0. The zero-order chi connectivity index (χ0) is 15.7. The zero-order valence-corrected chi connectivity index (χ0v) is 12.5. The first-order valence-corrected chi connectivity index (χ1v) is 7.25. The number of nitrogen functional groups attached to an aromatic ring is 1. The van der Waals surface area contributed by atoms with Crippen LogP contribution in [0.5, 0.6) is 0 Å². The van der Waals surface area contributed by atoms with Crippen molar-refractivity contribution < 1.29 is 4.39 Å². The number of benzene rings is 1. The van der Waals surface area contributed by atoms with Crippen LogP contribution in [0.1, 0.15) is 0 Å². The van der Waals surface area contributed by atoms with Crippen molar-refractivity contribution >= 4 is 23.4 Å². The highest BCUT2D eigenvalue weighted by Crippen LogP contribution is 2.31. The minimum absolute atomic E-state index is 0.0257. The number of nitrogens with two attached hydrogens (primary N) is 1. The number of aromatic amines is 1. The van der Waals surface area contributed by atoms with Gasteiger partial charge in [-0.1, -0.05) is 17.7 Å². The lowest BCUT2D eigenvalue weighted by molar-refractivity contribution is 0.579. The summed E-state index contributed by atoms with van der Waals surface area (Å²) >= 11 is 6.00. The highest BCUT2D eigenvalue weighted by atomic mass is 35.5. The number of nitrogens with zero attached hydrogens (tertiary/aromatic N) is 2. The van der Waals surface area contributed by atoms with Crippen LogP contribution in [0.3, 0.4) is 0 Å². The smallest absolute Gasteiger partial charge is 0.262 e. The van der Waals surface area contributed by atoms with Gasteiger partial charge >= 0.3 is 0 Å². The van der Waals surface area contributed by atoms with Crippen molar-refractivity contribution in [3.63, 3.8) is 0 Å². The Balaban J connectivity index is 2.09. The van der Waals surface area contributed by atoms with Crippen molar-refractivity contribution in [1.29, 1.82) is 0 Å². The summed E-state index contributed by atoms with van der Waals surface area (Å²) in [6.07, 6.45) is 0. The predicted molar refractivity (Wildman–Crippen MR) is 84.8 cm³/mol. The van der Waals surface area contributed by atoms with Crippen molar-refractivity contribution in [3.8, 4) is 11.1 Å². The number of aromatic nitrogens is 2. The molecule has 22 heavy (non-hydrogen) atoms. The number of hydrogen-bond donors (Lipinski definition) is 3. The van der Waals surface area contributed by atoms with E-state index in [1.807, 2.05) is 4.90 Å². The number of nitrogens with one attached hydrogen (secondary N) is 2. The molecule has 0 spiro atoms. The van der Waals surface area contributed by atoms with Gasteiger partial charge in [0.15, 0.2) is 0 Å². The second kappa shape index (κ2) is 5.94. The lowest BCUT2D eigenvalue weighted by Gasteiger charge is -2.28. The van der Waals surface area contributed by atoms with Crippen LogP contribution in [-0.4, -0.2) is 36.1 Å². The first kappa shape index (κ1) is 14.8. The van der Waals surface area contributed by atoms with Crippen LogP contribution >= 0.6 is 11.6 Å². The van der Waals surface area contributed by atoms with E-state index in [1.165, 1.54) is 18.2 Å². The van der Waals surface area contributed by atoms with E-state index in [1.54, 1.807) is 0 Å². The summed E-state index contributed by atoms with van der Waals surface area (Å²) in [5, 5.41) is 3.33. The standard InChI is InChI=1S/C14H15ClFN5O/c15-8-2-1-3-9(16)10(8)11-12(17)19-14(20-13(11)22)21-6-4-18-5-7-21/h1-3,18H,4-7H2,(H3,17,19,20,22). The summed E-state index contributed by atoms with van der Waals surface area (Å²) in [5.74, 6) is -0.258. The third-order valence-electron chi connectivity index (χ3n) is 3.56. The molecule has 2 aromatic rings. The maximum Gasteiger partial charge on any atom is 0.262 e. The van der Waals surface area contributed by atoms with Crippen molar-refractivity contribution in [3.05, 3.63) is 39.4 Å². The predicted octanol–water partition coefficient (Wildman–Crippen LogP) is 1.22. The normalized spacial score (nSPS) is 15.1. The lowest BCUT2D eigenvalue weighted by atomic mass is 10.1. The second-order valence-electron chi connectivity index (χ2n) is 4.98. The minimum Gasteiger partial charge on any atom is -0.383 e. The molecule has 1 aromatic carbocycles. The van der Waals surface area contributed by atoms with Gasteiger partial charge in [0.2, 0.25) is 5.95 Å². The largest absolute Gasteiger partial charge is 0.383 e. The van der Waals surface area contributed by atoms with Crippen molar-refractivity contribution in [1.82, 2.24) is 15.3 Å². The third kappa shape index (κ3) is 2.65. The molecule has 116 valence electrons. The molecule has 0 aliphatic carbocycles. The molecule has 0 bridgehead atoms. The number of rotatable bonds is 2. The first-order chi connectivity index (χ1) is 10.6. The monoisotopic (exact) mass is 323 g/mol. The fraction of sp³-hybridized carbons (Fsp3) is 0.286. The van der Waals surface area contributed by atoms with Crippen LogP contribution in [0.15, 0.2) is 23.0 Å². The van der Waals surface area contributed by atoms with Crippen LogP contribution in [0, 0.1) is 5.82 Å². The van der Waals surface area contributed by atoms with Crippen molar-refractivity contribution in [2.24, 2.45) is 0 Å². The average molecular weight is 324 g/mol. The lowest BCUT2D eigenvalue weighted by Crippen LogP contribution is -2.44. The van der Waals surface area contributed by atoms with Crippen LogP contribution in [-0.2, 0) is 0 Å². The molecular formula is C14H15ClFN5O. The Labute approximate surface area is 131 Å². The summed E-state index contributed by atoms with van der Waals surface area (Å²) in [7, 11) is 0. The van der Waals surface area contributed by atoms with E-state index in [-0.39, 0.29) is 22.0 Å². The van der Waals surface area contributed by atoms with Gasteiger partial charge in [-0.2, -0.15) is 4.98 Å². The Morgan fingerprint density at radius 2 is 2.00 bits per heavy atom. The Morgan fingerprint density at radius 3 is 2.64 bits per heavy atom. The molecule has 0 amide bonds. The minimum atomic E-state index is -0.610. The fourth-order valence-electron chi connectivity index (χ4n) is 2.48. The molecule has 8 heteroatoms. The van der Waals surface area contributed by atoms with E-state index < -0.39 is 11.4 Å². The van der Waals surface area contributed by atoms with Crippen LogP contribution < -0.4 is 21.5 Å². The molecule has 3 rings (SSSR count). The number of halogens is 2. The number of hydrogen-bond acceptors (Lipinski definition) is 5. The Morgan fingerprint density at radius 1 is 1.27 bits per heavy atom. The Kier molecular flexibility index (Phi) is 4.00. The van der Waals surface area contributed by atoms with Gasteiger partial charge in [-0.05, 0) is 12.1 Å². The van der Waals surface area contributed by atoms with Crippen molar-refractivity contribution in [2.75, 3.05) is 36.8 Å². The Hall–Kier alpha value is -2.12. The summed E-state index contributed by atoms with van der Waals surface area (Å²) in [5.41, 5.74) is 5.33. The fourth-order valence-corrected chi connectivity index (χ4v) is 2.74. The van der Waals surface area contributed by atoms with Crippen LogP contribution in [0.2, 0.25) is 5.02 Å². The Bertz CT molecular complexity index is 737. The number of H-pyrrole nitrogens is 1. The highest BCUT2D eigenvalue weighted by molar-refractivity contribution is 6.33. The molecule has 6 nitrogen and oxygen atoms in total. The van der Waals surface area contributed by atoms with Gasteiger partial charge in [0.05, 0.1) is 10.6 Å². The van der Waals surface area contributed by atoms with Gasteiger partial charge in [-0.25, -0.2) is 4.39 Å². The molecular weight excluding hydrogens is 309 g/mol.